The van der Waals surface area contributed by atoms with Gasteiger partial charge >= 0.3 is 5.97 Å². The second-order valence-electron chi connectivity index (χ2n) is 7.07. The summed E-state index contributed by atoms with van der Waals surface area (Å²) < 4.78 is 6.12. The number of esters is 1. The maximum Gasteiger partial charge on any atom is 0.341 e. The van der Waals surface area contributed by atoms with E-state index in [1.54, 1.807) is 6.92 Å². The van der Waals surface area contributed by atoms with Crippen LogP contribution in [-0.4, -0.2) is 34.3 Å². The molecule has 32 heavy (non-hydrogen) atoms. The van der Waals surface area contributed by atoms with Gasteiger partial charge in [-0.3, -0.25) is 9.59 Å². The van der Waals surface area contributed by atoms with E-state index < -0.39 is 11.5 Å². The van der Waals surface area contributed by atoms with E-state index >= 15 is 0 Å². The molecule has 8 nitrogen and oxygen atoms in total. The summed E-state index contributed by atoms with van der Waals surface area (Å²) in [6.07, 6.45) is 3.72. The summed E-state index contributed by atoms with van der Waals surface area (Å²) in [7, 11) is 0. The lowest BCUT2D eigenvalue weighted by molar-refractivity contribution is -0.113. The number of amides is 1. The van der Waals surface area contributed by atoms with E-state index in [0.29, 0.717) is 19.5 Å². The number of nitrogens with one attached hydrogen (secondary N) is 2. The van der Waals surface area contributed by atoms with Crippen LogP contribution in [0.2, 0.25) is 0 Å². The molecule has 0 radical (unpaired) electrons. The highest BCUT2D eigenvalue weighted by Gasteiger charge is 2.27. The Morgan fingerprint density at radius 1 is 1.34 bits per heavy atom. The summed E-state index contributed by atoms with van der Waals surface area (Å²) >= 11 is 3.69. The summed E-state index contributed by atoms with van der Waals surface area (Å²) in [6.45, 7) is 2.00. The van der Waals surface area contributed by atoms with Crippen molar-refractivity contribution in [1.82, 2.24) is 4.98 Å². The maximum atomic E-state index is 12.7. The van der Waals surface area contributed by atoms with Gasteiger partial charge in [0, 0.05) is 10.9 Å². The molecule has 4 rings (SSSR count). The number of aromatic amines is 1. The number of hydrogen-bond acceptors (Lipinski definition) is 9. The van der Waals surface area contributed by atoms with E-state index in [4.69, 9.17) is 4.74 Å². The number of carbonyl (C=O) groups excluding carboxylic acids is 2. The number of aryl methyl sites for hydroxylation is 1. The molecule has 3 aromatic rings. The van der Waals surface area contributed by atoms with Gasteiger partial charge in [-0.25, -0.2) is 4.79 Å². The van der Waals surface area contributed by atoms with Crippen LogP contribution >= 0.6 is 34.4 Å². The number of hydrogen-bond donors (Lipinski definition) is 3. The number of fused-ring (bicyclic) bond motifs is 2. The van der Waals surface area contributed by atoms with E-state index in [2.05, 4.69) is 10.3 Å². The Morgan fingerprint density at radius 2 is 2.12 bits per heavy atom. The number of H-pyrrole nitrogens is 1. The highest BCUT2D eigenvalue weighted by molar-refractivity contribution is 8.02. The lowest BCUT2D eigenvalue weighted by Gasteiger charge is -2.12. The summed E-state index contributed by atoms with van der Waals surface area (Å²) in [5, 5.41) is 22.9. The minimum Gasteiger partial charge on any atom is -0.506 e. The minimum absolute atomic E-state index is 0.00265. The summed E-state index contributed by atoms with van der Waals surface area (Å²) in [5.74, 6) is -0.953. The van der Waals surface area contributed by atoms with Crippen LogP contribution in [-0.2, 0) is 22.4 Å². The molecule has 1 aliphatic rings. The molecule has 0 atom stereocenters. The van der Waals surface area contributed by atoms with Crippen molar-refractivity contribution in [2.45, 2.75) is 36.8 Å². The Balaban J connectivity index is 1.55. The number of aromatic hydroxyl groups is 1. The quantitative estimate of drug-likeness (QED) is 0.352. The number of nitrogens with zero attached hydrogens (tertiary/aromatic N) is 1. The smallest absolute Gasteiger partial charge is 0.341 e. The Labute approximate surface area is 195 Å². The van der Waals surface area contributed by atoms with Crippen LogP contribution in [0.4, 0.5) is 5.00 Å². The van der Waals surface area contributed by atoms with E-state index in [9.17, 15) is 24.8 Å². The monoisotopic (exact) mass is 489 g/mol. The van der Waals surface area contributed by atoms with Crippen molar-refractivity contribution in [2.24, 2.45) is 0 Å². The molecule has 166 valence electrons. The molecule has 0 fully saturated rings. The molecule has 0 unspecified atom stereocenters. The molecule has 0 saturated carbocycles. The average molecular weight is 490 g/mol. The van der Waals surface area contributed by atoms with E-state index in [-0.39, 0.29) is 35.1 Å². The zero-order valence-corrected chi connectivity index (χ0v) is 19.5. The van der Waals surface area contributed by atoms with Crippen LogP contribution in [0.1, 0.15) is 46.1 Å². The van der Waals surface area contributed by atoms with Crippen molar-refractivity contribution >= 4 is 61.5 Å². The van der Waals surface area contributed by atoms with Crippen molar-refractivity contribution in [2.75, 3.05) is 17.7 Å². The first-order chi connectivity index (χ1) is 15.4. The van der Waals surface area contributed by atoms with Crippen LogP contribution in [0.15, 0.2) is 15.1 Å². The van der Waals surface area contributed by atoms with Gasteiger partial charge in [-0.15, -0.1) is 34.4 Å². The number of nitriles is 1. The first-order valence-electron chi connectivity index (χ1n) is 9.96. The molecule has 3 N–H and O–H groups in total. The fraction of sp³-hybridized carbons (Fsp3) is 0.333. The third kappa shape index (κ3) is 4.26. The van der Waals surface area contributed by atoms with Crippen molar-refractivity contribution in [3.8, 4) is 11.8 Å². The standard InChI is InChI=1S/C21H19N3O5S3/c1-2-29-20(28)16-10-5-3-4-6-13(10)31-19(16)24-15(27)9-30-21-11(8-22)17-18(32-21)12(25)7-14(26)23-17/h7H,2-6,9H2,1H3,(H,24,27)(H2,23,25,26). The number of ether oxygens (including phenoxy) is 1. The average Bonchev–Trinajstić information content (AvgIpc) is 3.29. The number of thioether (sulfide) groups is 1. The molecule has 3 heterocycles. The third-order valence-corrected chi connectivity index (χ3v) is 8.67. The second-order valence-corrected chi connectivity index (χ2v) is 10.4. The molecular weight excluding hydrogens is 470 g/mol. The van der Waals surface area contributed by atoms with Gasteiger partial charge in [0.15, 0.2) is 0 Å². The Bertz CT molecular complexity index is 1310. The predicted octanol–water partition coefficient (Wildman–Crippen LogP) is 4.01. The van der Waals surface area contributed by atoms with Gasteiger partial charge in [0.2, 0.25) is 5.91 Å². The number of carbonyl (C=O) groups is 2. The van der Waals surface area contributed by atoms with Crippen LogP contribution < -0.4 is 10.9 Å². The predicted molar refractivity (Wildman–Crippen MR) is 125 cm³/mol. The number of aromatic nitrogens is 1. The van der Waals surface area contributed by atoms with E-state index in [1.165, 1.54) is 11.3 Å². The van der Waals surface area contributed by atoms with E-state index in [0.717, 1.165) is 65.3 Å². The van der Waals surface area contributed by atoms with Gasteiger partial charge in [-0.05, 0) is 38.2 Å². The number of pyridine rings is 1. The summed E-state index contributed by atoms with van der Waals surface area (Å²) in [5.41, 5.74) is 1.40. The maximum absolute atomic E-state index is 12.7. The third-order valence-electron chi connectivity index (χ3n) is 4.97. The second kappa shape index (κ2) is 9.36. The van der Waals surface area contributed by atoms with Gasteiger partial charge in [-0.2, -0.15) is 5.26 Å². The van der Waals surface area contributed by atoms with Gasteiger partial charge < -0.3 is 20.1 Å². The van der Waals surface area contributed by atoms with Crippen LogP contribution in [0.3, 0.4) is 0 Å². The highest BCUT2D eigenvalue weighted by Crippen LogP contribution is 2.41. The first-order valence-corrected chi connectivity index (χ1v) is 12.6. The Hall–Kier alpha value is -2.81. The molecule has 0 aromatic carbocycles. The first kappa shape index (κ1) is 22.4. The highest BCUT2D eigenvalue weighted by atomic mass is 32.2. The van der Waals surface area contributed by atoms with Crippen LogP contribution in [0.25, 0.3) is 10.2 Å². The normalized spacial score (nSPS) is 12.9. The fourth-order valence-corrected chi connectivity index (χ4v) is 7.07. The molecule has 0 aliphatic heterocycles. The Morgan fingerprint density at radius 3 is 2.88 bits per heavy atom. The number of rotatable bonds is 6. The largest absolute Gasteiger partial charge is 0.506 e. The molecule has 1 aliphatic carbocycles. The zero-order valence-electron chi connectivity index (χ0n) is 17.1. The van der Waals surface area contributed by atoms with Gasteiger partial charge in [0.05, 0.1) is 32.3 Å². The topological polar surface area (TPSA) is 132 Å². The molecule has 1 amide bonds. The zero-order chi connectivity index (χ0) is 22.8. The molecule has 0 spiro atoms. The lowest BCUT2D eigenvalue weighted by Crippen LogP contribution is -2.17. The van der Waals surface area contributed by atoms with Gasteiger partial charge in [-0.1, -0.05) is 0 Å². The van der Waals surface area contributed by atoms with E-state index in [1.807, 2.05) is 6.07 Å². The van der Waals surface area contributed by atoms with Crippen LogP contribution in [0, 0.1) is 11.3 Å². The number of thiophene rings is 2. The summed E-state index contributed by atoms with van der Waals surface area (Å²) in [6, 6.07) is 3.09. The van der Waals surface area contributed by atoms with Crippen molar-refractivity contribution in [1.29, 1.82) is 5.26 Å². The minimum atomic E-state index is -0.508. The fourth-order valence-electron chi connectivity index (χ4n) is 3.63. The molecule has 11 heteroatoms. The molecular formula is C21H19N3O5S3. The molecule has 0 saturated heterocycles. The van der Waals surface area contributed by atoms with Crippen molar-refractivity contribution in [3.05, 3.63) is 38.0 Å². The molecule has 0 bridgehead atoms. The Kier molecular flexibility index (Phi) is 6.55. The van der Waals surface area contributed by atoms with Gasteiger partial charge in [0.25, 0.3) is 5.56 Å². The van der Waals surface area contributed by atoms with Crippen LogP contribution in [0.5, 0.6) is 5.75 Å². The van der Waals surface area contributed by atoms with Crippen molar-refractivity contribution in [3.63, 3.8) is 0 Å². The lowest BCUT2D eigenvalue weighted by atomic mass is 9.95. The molecule has 3 aromatic heterocycles. The summed E-state index contributed by atoms with van der Waals surface area (Å²) in [4.78, 5) is 40.6. The van der Waals surface area contributed by atoms with Gasteiger partial charge in [0.1, 0.15) is 22.4 Å². The van der Waals surface area contributed by atoms with Crippen molar-refractivity contribution < 1.29 is 19.4 Å². The number of anilines is 1. The SMILES string of the molecule is CCOC(=O)c1c(NC(=O)CSc2sc3c(O)cc(=O)[nH]c3c2C#N)sc2c1CCCC2.